The van der Waals surface area contributed by atoms with Crippen LogP contribution in [0.3, 0.4) is 0 Å². The number of aliphatic hydroxyl groups is 1. The first-order valence-electron chi connectivity index (χ1n) is 3.13. The number of alkyl halides is 1. The lowest BCUT2D eigenvalue weighted by Crippen LogP contribution is -2.12. The van der Waals surface area contributed by atoms with Gasteiger partial charge >= 0.3 is 0 Å². The van der Waals surface area contributed by atoms with E-state index in [1.54, 1.807) is 30.3 Å². The third-order valence-electron chi connectivity index (χ3n) is 1.27. The number of rotatable bonds is 2. The average molecular weight is 205 g/mol. The standard InChI is InChI=1S/C8H7ClO2.H3P/c9-8(11)7(10)6-4-2-1-3-5-6;/h1-5,8,11H;1H3. The first-order chi connectivity index (χ1) is 5.22. The van der Waals surface area contributed by atoms with Gasteiger partial charge in [-0.25, -0.2) is 0 Å². The monoisotopic (exact) mass is 204 g/mol. The molecule has 0 aliphatic carbocycles. The van der Waals surface area contributed by atoms with Crippen molar-refractivity contribution in [3.8, 4) is 0 Å². The minimum atomic E-state index is -1.43. The number of halogens is 1. The Balaban J connectivity index is 0.00000121. The Morgan fingerprint density at radius 2 is 1.83 bits per heavy atom. The molecule has 0 saturated carbocycles. The van der Waals surface area contributed by atoms with Crippen molar-refractivity contribution in [2.24, 2.45) is 0 Å². The second kappa shape index (κ2) is 5.26. The van der Waals surface area contributed by atoms with Crippen LogP contribution in [-0.2, 0) is 0 Å². The third kappa shape index (κ3) is 2.90. The number of ketones is 1. The predicted octanol–water partition coefficient (Wildman–Crippen LogP) is 1.48. The zero-order valence-corrected chi connectivity index (χ0v) is 8.57. The summed E-state index contributed by atoms with van der Waals surface area (Å²) in [5.74, 6) is -0.465. The van der Waals surface area contributed by atoms with Crippen LogP contribution in [0.5, 0.6) is 0 Å². The zero-order valence-electron chi connectivity index (χ0n) is 6.40. The maximum atomic E-state index is 11.0. The van der Waals surface area contributed by atoms with Crippen LogP contribution in [0.1, 0.15) is 10.4 Å². The second-order valence-electron chi connectivity index (χ2n) is 2.07. The van der Waals surface area contributed by atoms with Crippen LogP contribution >= 0.6 is 21.5 Å². The SMILES string of the molecule is O=C(c1ccccc1)C(O)Cl.P. The Kier molecular flexibility index (Phi) is 5.07. The van der Waals surface area contributed by atoms with Crippen molar-refractivity contribution in [3.63, 3.8) is 0 Å². The molecule has 1 aromatic rings. The van der Waals surface area contributed by atoms with Gasteiger partial charge in [0.2, 0.25) is 5.78 Å². The minimum absolute atomic E-state index is 0. The molecule has 1 aromatic carbocycles. The first-order valence-corrected chi connectivity index (χ1v) is 3.57. The van der Waals surface area contributed by atoms with Gasteiger partial charge in [-0.05, 0) is 0 Å². The smallest absolute Gasteiger partial charge is 0.206 e. The van der Waals surface area contributed by atoms with E-state index in [4.69, 9.17) is 16.7 Å². The summed E-state index contributed by atoms with van der Waals surface area (Å²) in [7, 11) is 0. The van der Waals surface area contributed by atoms with E-state index < -0.39 is 11.3 Å². The lowest BCUT2D eigenvalue weighted by Gasteiger charge is -1.99. The molecule has 0 fully saturated rings. The largest absolute Gasteiger partial charge is 0.371 e. The van der Waals surface area contributed by atoms with Crippen LogP contribution in [0.25, 0.3) is 0 Å². The van der Waals surface area contributed by atoms with E-state index in [9.17, 15) is 4.79 Å². The molecule has 12 heavy (non-hydrogen) atoms. The summed E-state index contributed by atoms with van der Waals surface area (Å²) in [6, 6.07) is 8.43. The highest BCUT2D eigenvalue weighted by atomic mass is 35.5. The molecular formula is C8H10ClO2P. The van der Waals surface area contributed by atoms with Crippen LogP contribution in [-0.4, -0.2) is 16.5 Å². The van der Waals surface area contributed by atoms with Gasteiger partial charge in [0.1, 0.15) is 0 Å². The summed E-state index contributed by atoms with van der Waals surface area (Å²) in [5, 5.41) is 8.69. The summed E-state index contributed by atoms with van der Waals surface area (Å²) in [4.78, 5) is 11.0. The van der Waals surface area contributed by atoms with Gasteiger partial charge in [-0.1, -0.05) is 41.9 Å². The van der Waals surface area contributed by atoms with E-state index in [1.165, 1.54) is 0 Å². The van der Waals surface area contributed by atoms with Crippen molar-refractivity contribution in [2.45, 2.75) is 5.56 Å². The van der Waals surface area contributed by atoms with Gasteiger partial charge in [0.05, 0.1) is 0 Å². The molecular weight excluding hydrogens is 195 g/mol. The summed E-state index contributed by atoms with van der Waals surface area (Å²) in [6.45, 7) is 0. The number of hydrogen-bond donors (Lipinski definition) is 1. The lowest BCUT2D eigenvalue weighted by molar-refractivity contribution is 0.0860. The van der Waals surface area contributed by atoms with Gasteiger partial charge in [0, 0.05) is 5.56 Å². The molecule has 1 rings (SSSR count). The molecule has 0 amide bonds. The fourth-order valence-electron chi connectivity index (χ4n) is 0.740. The fraction of sp³-hybridized carbons (Fsp3) is 0.125. The summed E-state index contributed by atoms with van der Waals surface area (Å²) < 4.78 is 0. The molecule has 0 aromatic heterocycles. The molecule has 2 atom stereocenters. The average Bonchev–Trinajstić information content (AvgIpc) is 2.05. The summed E-state index contributed by atoms with van der Waals surface area (Å²) >= 11 is 5.17. The molecule has 0 aliphatic heterocycles. The summed E-state index contributed by atoms with van der Waals surface area (Å²) in [6.07, 6.45) is 0. The van der Waals surface area contributed by atoms with Crippen molar-refractivity contribution in [1.82, 2.24) is 0 Å². The van der Waals surface area contributed by atoms with Gasteiger partial charge in [-0.15, -0.1) is 0 Å². The van der Waals surface area contributed by atoms with E-state index in [1.807, 2.05) is 0 Å². The number of carbonyl (C=O) groups is 1. The Morgan fingerprint density at radius 1 is 1.33 bits per heavy atom. The number of hydrogen-bond acceptors (Lipinski definition) is 2. The van der Waals surface area contributed by atoms with Crippen LogP contribution in [0, 0.1) is 0 Å². The summed E-state index contributed by atoms with van der Waals surface area (Å²) in [5.41, 5.74) is -1.01. The lowest BCUT2D eigenvalue weighted by atomic mass is 10.1. The van der Waals surface area contributed by atoms with Crippen LogP contribution in [0.2, 0.25) is 0 Å². The van der Waals surface area contributed by atoms with Crippen molar-refractivity contribution < 1.29 is 9.90 Å². The van der Waals surface area contributed by atoms with Crippen molar-refractivity contribution in [3.05, 3.63) is 35.9 Å². The zero-order chi connectivity index (χ0) is 8.27. The van der Waals surface area contributed by atoms with Gasteiger partial charge in [-0.3, -0.25) is 4.79 Å². The fourth-order valence-corrected chi connectivity index (χ4v) is 0.866. The van der Waals surface area contributed by atoms with Crippen molar-refractivity contribution in [2.75, 3.05) is 0 Å². The van der Waals surface area contributed by atoms with Crippen LogP contribution < -0.4 is 0 Å². The Bertz CT molecular complexity index is 248. The van der Waals surface area contributed by atoms with E-state index in [-0.39, 0.29) is 9.90 Å². The quantitative estimate of drug-likeness (QED) is 0.450. The van der Waals surface area contributed by atoms with Crippen molar-refractivity contribution >= 4 is 27.3 Å². The van der Waals surface area contributed by atoms with Gasteiger partial charge in [0.15, 0.2) is 5.56 Å². The topological polar surface area (TPSA) is 37.3 Å². The molecule has 0 spiro atoms. The normalized spacial score (nSPS) is 11.5. The molecule has 4 heteroatoms. The second-order valence-corrected chi connectivity index (χ2v) is 2.48. The molecule has 0 bridgehead atoms. The molecule has 2 nitrogen and oxygen atoms in total. The molecule has 2 unspecified atom stereocenters. The van der Waals surface area contributed by atoms with E-state index in [2.05, 4.69) is 0 Å². The Hall–Kier alpha value is -0.430. The number of benzene rings is 1. The Labute approximate surface area is 79.2 Å². The number of carbonyl (C=O) groups excluding carboxylic acids is 1. The molecule has 0 heterocycles. The molecule has 66 valence electrons. The Morgan fingerprint density at radius 3 is 2.25 bits per heavy atom. The highest BCUT2D eigenvalue weighted by Crippen LogP contribution is 2.05. The third-order valence-corrected chi connectivity index (χ3v) is 1.47. The van der Waals surface area contributed by atoms with Gasteiger partial charge in [0.25, 0.3) is 0 Å². The molecule has 1 N–H and O–H groups in total. The maximum Gasteiger partial charge on any atom is 0.206 e. The number of aliphatic hydroxyl groups excluding tert-OH is 1. The van der Waals surface area contributed by atoms with Gasteiger partial charge < -0.3 is 5.11 Å². The number of Topliss-reactive ketones (excluding diaryl/α,β-unsaturated/α-hetero) is 1. The van der Waals surface area contributed by atoms with E-state index in [0.717, 1.165) is 0 Å². The molecule has 0 radical (unpaired) electrons. The van der Waals surface area contributed by atoms with Crippen LogP contribution in [0.4, 0.5) is 0 Å². The van der Waals surface area contributed by atoms with Crippen molar-refractivity contribution in [1.29, 1.82) is 0 Å². The van der Waals surface area contributed by atoms with E-state index >= 15 is 0 Å². The van der Waals surface area contributed by atoms with Gasteiger partial charge in [-0.2, -0.15) is 9.90 Å². The molecule has 0 aliphatic rings. The highest BCUT2D eigenvalue weighted by Gasteiger charge is 2.12. The first kappa shape index (κ1) is 11.6. The minimum Gasteiger partial charge on any atom is -0.371 e. The predicted molar refractivity (Wildman–Crippen MR) is 53.7 cm³/mol. The highest BCUT2D eigenvalue weighted by molar-refractivity contribution is 6.92. The molecule has 0 saturated heterocycles. The van der Waals surface area contributed by atoms with Crippen LogP contribution in [0.15, 0.2) is 30.3 Å². The maximum absolute atomic E-state index is 11.0. The van der Waals surface area contributed by atoms with E-state index in [0.29, 0.717) is 5.56 Å².